The standard InChI is InChI=1S/C55H70F2N8O10/c1-34(26-47(69)36(3)61-49(71)27-37-19-23-59-24-20-37)52(73)63-45(30-48(58)70)54(75)62-44(53(74)60-22-11-16-41(68)15-10-12-35(2)67)21-25-65(50(72)33-66)51(55(4,5)6)46-28-39(42-29-40(56)17-18-43(42)57)32-64(46)31-38-13-8-7-9-14-38/h7-9,13-14,17-20,23-24,28-29,32,34,36,44-45,51,66H,10-12,15-16,21-22,25-27,30-31,33H2,1-6H3,(H2,58,70)(H,60,74)(H,61,71)(H,62,75)(H,63,73)/t34-,36-,44-,45-,51-/m0/s1. The SMILES string of the molecule is CC(=O)CCCC(=O)CCCNC(=O)[C@H](CCN(C(=O)CO)[C@@H](c1cc(-c2cc(F)ccc2F)cn1Cc1ccccc1)C(C)(C)C)NC(=O)[C@H](CC(N)=O)NC(=O)[C@@H](C)CC(=O)[C@H](C)NC(=O)Cc1ccncc1. The second kappa shape index (κ2) is 28.8. The molecule has 2 aromatic heterocycles. The summed E-state index contributed by atoms with van der Waals surface area (Å²) in [6.45, 7) is 8.70. The number of ketones is 3. The van der Waals surface area contributed by atoms with Crippen molar-refractivity contribution in [2.24, 2.45) is 17.1 Å². The van der Waals surface area contributed by atoms with E-state index in [1.165, 1.54) is 38.1 Å². The molecule has 18 nitrogen and oxygen atoms in total. The largest absolute Gasteiger partial charge is 0.387 e. The van der Waals surface area contributed by atoms with Crippen molar-refractivity contribution in [1.29, 1.82) is 0 Å². The number of nitrogens with one attached hydrogen (secondary N) is 4. The van der Waals surface area contributed by atoms with Gasteiger partial charge in [-0.1, -0.05) is 58.0 Å². The van der Waals surface area contributed by atoms with Gasteiger partial charge in [0.25, 0.3) is 0 Å². The van der Waals surface area contributed by atoms with E-state index in [4.69, 9.17) is 5.73 Å². The third kappa shape index (κ3) is 19.4. The zero-order valence-corrected chi connectivity index (χ0v) is 43.5. The van der Waals surface area contributed by atoms with Crippen molar-refractivity contribution in [3.8, 4) is 11.1 Å². The Morgan fingerprint density at radius 3 is 2.09 bits per heavy atom. The summed E-state index contributed by atoms with van der Waals surface area (Å²) < 4.78 is 31.8. The molecule has 0 saturated heterocycles. The fourth-order valence-electron chi connectivity index (χ4n) is 8.54. The van der Waals surface area contributed by atoms with Gasteiger partial charge in [-0.05, 0) is 86.1 Å². The van der Waals surface area contributed by atoms with Crippen LogP contribution < -0.4 is 27.0 Å². The number of nitrogens with two attached hydrogens (primary N) is 1. The van der Waals surface area contributed by atoms with Crippen molar-refractivity contribution in [3.05, 3.63) is 114 Å². The maximum absolute atomic E-state index is 15.4. The van der Waals surface area contributed by atoms with Crippen LogP contribution in [0, 0.1) is 23.0 Å². The van der Waals surface area contributed by atoms with Crippen molar-refractivity contribution in [2.45, 2.75) is 130 Å². The number of hydrogen-bond acceptors (Lipinski definition) is 11. The number of aliphatic hydroxyl groups is 1. The Labute approximate surface area is 436 Å². The minimum absolute atomic E-state index is 0.0149. The zero-order valence-electron chi connectivity index (χ0n) is 43.5. The molecule has 0 radical (unpaired) electrons. The van der Waals surface area contributed by atoms with Crippen LogP contribution in [0.4, 0.5) is 8.78 Å². The first-order chi connectivity index (χ1) is 35.5. The van der Waals surface area contributed by atoms with Crippen LogP contribution >= 0.6 is 0 Å². The third-order valence-electron chi connectivity index (χ3n) is 12.4. The number of halogens is 2. The van der Waals surface area contributed by atoms with E-state index in [0.717, 1.165) is 23.8 Å². The Morgan fingerprint density at radius 2 is 1.45 bits per heavy atom. The average molecular weight is 1040 g/mol. The number of primary amides is 1. The molecule has 4 aromatic rings. The predicted octanol–water partition coefficient (Wildman–Crippen LogP) is 4.59. The first kappa shape index (κ1) is 60.1. The van der Waals surface area contributed by atoms with Gasteiger partial charge in [-0.2, -0.15) is 0 Å². The number of carbonyl (C=O) groups excluding carboxylic acids is 9. The molecule has 75 heavy (non-hydrogen) atoms. The Morgan fingerprint density at radius 1 is 0.787 bits per heavy atom. The van der Waals surface area contributed by atoms with Crippen LogP contribution in [-0.4, -0.2) is 110 Å². The fourth-order valence-corrected chi connectivity index (χ4v) is 8.54. The van der Waals surface area contributed by atoms with Crippen molar-refractivity contribution < 1.29 is 57.0 Å². The van der Waals surface area contributed by atoms with Gasteiger partial charge in [-0.3, -0.25) is 43.3 Å². The van der Waals surface area contributed by atoms with E-state index in [9.17, 15) is 52.6 Å². The lowest BCUT2D eigenvalue weighted by Gasteiger charge is -2.41. The molecule has 2 aromatic carbocycles. The lowest BCUT2D eigenvalue weighted by Crippen LogP contribution is -2.56. The first-order valence-electron chi connectivity index (χ1n) is 25.0. The topological polar surface area (TPSA) is 269 Å². The normalized spacial score (nSPS) is 13.3. The molecule has 0 aliphatic heterocycles. The van der Waals surface area contributed by atoms with E-state index < -0.39 is 101 Å². The predicted molar refractivity (Wildman–Crippen MR) is 275 cm³/mol. The summed E-state index contributed by atoms with van der Waals surface area (Å²) >= 11 is 0. The molecule has 0 aliphatic rings. The molecule has 7 N–H and O–H groups in total. The number of rotatable bonds is 30. The van der Waals surface area contributed by atoms with E-state index in [1.54, 1.807) is 29.0 Å². The molecule has 0 aliphatic carbocycles. The lowest BCUT2D eigenvalue weighted by atomic mass is 9.82. The highest BCUT2D eigenvalue weighted by Crippen LogP contribution is 2.41. The molecule has 0 spiro atoms. The number of aromatic nitrogens is 2. The third-order valence-corrected chi connectivity index (χ3v) is 12.4. The molecule has 0 saturated carbocycles. The molecule has 0 bridgehead atoms. The van der Waals surface area contributed by atoms with E-state index >= 15 is 4.39 Å². The molecule has 6 amide bonds. The Hall–Kier alpha value is -7.48. The number of benzene rings is 2. The Balaban J connectivity index is 1.63. The molecule has 2 heterocycles. The van der Waals surface area contributed by atoms with Gasteiger partial charge in [0.2, 0.25) is 35.4 Å². The van der Waals surface area contributed by atoms with Crippen LogP contribution in [0.1, 0.15) is 116 Å². The van der Waals surface area contributed by atoms with E-state index in [1.807, 2.05) is 51.1 Å². The number of pyridine rings is 1. The van der Waals surface area contributed by atoms with Gasteiger partial charge >= 0.3 is 0 Å². The second-order valence-corrected chi connectivity index (χ2v) is 19.9. The summed E-state index contributed by atoms with van der Waals surface area (Å²) in [5, 5.41) is 20.8. The van der Waals surface area contributed by atoms with Crippen LogP contribution in [-0.2, 0) is 56.1 Å². The molecule has 404 valence electrons. The van der Waals surface area contributed by atoms with Crippen molar-refractivity contribution in [1.82, 2.24) is 35.7 Å². The highest BCUT2D eigenvalue weighted by atomic mass is 19.1. The molecule has 20 heteroatoms. The zero-order chi connectivity index (χ0) is 55.4. The van der Waals surface area contributed by atoms with E-state index in [0.29, 0.717) is 23.2 Å². The highest BCUT2D eigenvalue weighted by molar-refractivity contribution is 5.97. The van der Waals surface area contributed by atoms with Gasteiger partial charge in [-0.25, -0.2) is 8.78 Å². The minimum atomic E-state index is -1.66. The number of nitrogens with zero attached hydrogens (tertiary/aromatic N) is 3. The van der Waals surface area contributed by atoms with E-state index in [-0.39, 0.29) is 81.7 Å². The number of amides is 6. The summed E-state index contributed by atoms with van der Waals surface area (Å²) in [7, 11) is 0. The maximum atomic E-state index is 15.4. The number of hydrogen-bond donors (Lipinski definition) is 6. The summed E-state index contributed by atoms with van der Waals surface area (Å²) in [5.74, 6) is -7.94. The Kier molecular flexibility index (Phi) is 23.1. The average Bonchev–Trinajstić information content (AvgIpc) is 3.75. The van der Waals surface area contributed by atoms with Gasteiger partial charge in [-0.15, -0.1) is 0 Å². The quantitative estimate of drug-likeness (QED) is 0.0394. The van der Waals surface area contributed by atoms with Crippen molar-refractivity contribution >= 4 is 52.8 Å². The summed E-state index contributed by atoms with van der Waals surface area (Å²) in [4.78, 5) is 123. The van der Waals surface area contributed by atoms with E-state index in [2.05, 4.69) is 26.3 Å². The number of carbonyl (C=O) groups is 9. The summed E-state index contributed by atoms with van der Waals surface area (Å²) in [6.07, 6.45) is 4.34. The fraction of sp³-hybridized carbons (Fsp3) is 0.455. The van der Waals surface area contributed by atoms with Crippen molar-refractivity contribution in [2.75, 3.05) is 19.7 Å². The smallest absolute Gasteiger partial charge is 0.248 e. The number of aliphatic hydroxyl groups excluding tert-OH is 1. The first-order valence-corrected chi connectivity index (χ1v) is 25.0. The summed E-state index contributed by atoms with van der Waals surface area (Å²) in [5.41, 5.74) is 6.90. The van der Waals surface area contributed by atoms with Crippen LogP contribution in [0.2, 0.25) is 0 Å². The lowest BCUT2D eigenvalue weighted by molar-refractivity contribution is -0.140. The van der Waals surface area contributed by atoms with Crippen LogP contribution in [0.3, 0.4) is 0 Å². The molecule has 0 fully saturated rings. The van der Waals surface area contributed by atoms with Gasteiger partial charge in [0.05, 0.1) is 24.9 Å². The maximum Gasteiger partial charge on any atom is 0.248 e. The molecule has 4 rings (SSSR count). The van der Waals surface area contributed by atoms with Crippen LogP contribution in [0.5, 0.6) is 0 Å². The Bertz CT molecular complexity index is 2640. The molecule has 5 atom stereocenters. The minimum Gasteiger partial charge on any atom is -0.387 e. The van der Waals surface area contributed by atoms with Crippen molar-refractivity contribution in [3.63, 3.8) is 0 Å². The highest BCUT2D eigenvalue weighted by Gasteiger charge is 2.39. The molecular weight excluding hydrogens is 971 g/mol. The van der Waals surface area contributed by atoms with Gasteiger partial charge < -0.3 is 46.4 Å². The van der Waals surface area contributed by atoms with Gasteiger partial charge in [0.15, 0.2) is 5.78 Å². The number of Topliss-reactive ketones (excluding diaryl/α,β-unsaturated/α-hetero) is 3. The monoisotopic (exact) mass is 1040 g/mol. The molecule has 0 unspecified atom stereocenters. The van der Waals surface area contributed by atoms with Gasteiger partial charge in [0.1, 0.15) is 41.9 Å². The van der Waals surface area contributed by atoms with Crippen LogP contribution in [0.25, 0.3) is 11.1 Å². The van der Waals surface area contributed by atoms with Crippen LogP contribution in [0.15, 0.2) is 85.3 Å². The molecular formula is C55H70F2N8O10. The van der Waals surface area contributed by atoms with Gasteiger partial charge in [0, 0.05) is 86.6 Å². The second-order valence-electron chi connectivity index (χ2n) is 19.9. The summed E-state index contributed by atoms with van der Waals surface area (Å²) in [6, 6.07) is 12.2.